The number of nitrogens with zero attached hydrogens (tertiary/aromatic N) is 2. The standard InChI is InChI=1S/C16H23N3O4/c1-16(2,3)23-15(20)19-8-7-13(10-19)22-12-6-4-5-11(9-12)14(17)18-21/h4-6,9,13,21H,7-8,10H2,1-3H3,(H2,17,18)/t13-/m0/s1. The molecule has 1 heterocycles. The summed E-state index contributed by atoms with van der Waals surface area (Å²) in [6.07, 6.45) is 0.298. The summed E-state index contributed by atoms with van der Waals surface area (Å²) in [4.78, 5) is 13.7. The van der Waals surface area contributed by atoms with Crippen molar-refractivity contribution in [3.8, 4) is 5.75 Å². The lowest BCUT2D eigenvalue weighted by atomic mass is 10.2. The molecule has 1 aromatic carbocycles. The molecule has 3 N–H and O–H groups in total. The topological polar surface area (TPSA) is 97.4 Å². The zero-order valence-electron chi connectivity index (χ0n) is 13.7. The van der Waals surface area contributed by atoms with E-state index < -0.39 is 5.60 Å². The van der Waals surface area contributed by atoms with Crippen LogP contribution in [-0.4, -0.2) is 46.8 Å². The number of carbonyl (C=O) groups is 1. The van der Waals surface area contributed by atoms with Gasteiger partial charge >= 0.3 is 6.09 Å². The number of hydrogen-bond donors (Lipinski definition) is 2. The average Bonchev–Trinajstić information content (AvgIpc) is 2.93. The van der Waals surface area contributed by atoms with Gasteiger partial charge in [-0.15, -0.1) is 0 Å². The molecule has 0 radical (unpaired) electrons. The van der Waals surface area contributed by atoms with Crippen LogP contribution < -0.4 is 10.5 Å². The van der Waals surface area contributed by atoms with Gasteiger partial charge in [-0.1, -0.05) is 17.3 Å². The summed E-state index contributed by atoms with van der Waals surface area (Å²) in [6, 6.07) is 6.99. The summed E-state index contributed by atoms with van der Waals surface area (Å²) in [6.45, 7) is 6.59. The first-order chi connectivity index (χ1) is 10.8. The first-order valence-electron chi connectivity index (χ1n) is 7.51. The summed E-state index contributed by atoms with van der Waals surface area (Å²) in [5.41, 5.74) is 5.63. The second kappa shape index (κ2) is 6.76. The van der Waals surface area contributed by atoms with Crippen molar-refractivity contribution in [2.24, 2.45) is 10.9 Å². The van der Waals surface area contributed by atoms with Crippen molar-refractivity contribution >= 4 is 11.9 Å². The van der Waals surface area contributed by atoms with Gasteiger partial charge in [-0.25, -0.2) is 4.79 Å². The molecule has 23 heavy (non-hydrogen) atoms. The van der Waals surface area contributed by atoms with Crippen molar-refractivity contribution in [2.75, 3.05) is 13.1 Å². The van der Waals surface area contributed by atoms with E-state index in [0.29, 0.717) is 24.4 Å². The van der Waals surface area contributed by atoms with Gasteiger partial charge in [0.25, 0.3) is 0 Å². The van der Waals surface area contributed by atoms with Gasteiger partial charge in [0.1, 0.15) is 17.5 Å². The molecule has 126 valence electrons. The van der Waals surface area contributed by atoms with Crippen LogP contribution >= 0.6 is 0 Å². The summed E-state index contributed by atoms with van der Waals surface area (Å²) in [5, 5.41) is 11.7. The van der Waals surface area contributed by atoms with Crippen LogP contribution in [0.25, 0.3) is 0 Å². The van der Waals surface area contributed by atoms with Crippen LogP contribution in [0.4, 0.5) is 4.79 Å². The first-order valence-corrected chi connectivity index (χ1v) is 7.51. The highest BCUT2D eigenvalue weighted by Gasteiger charge is 2.30. The van der Waals surface area contributed by atoms with Gasteiger partial charge < -0.3 is 25.3 Å². The maximum atomic E-state index is 12.0. The Morgan fingerprint density at radius 3 is 2.83 bits per heavy atom. The number of likely N-dealkylation sites (tertiary alicyclic amines) is 1. The monoisotopic (exact) mass is 321 g/mol. The highest BCUT2D eigenvalue weighted by Crippen LogP contribution is 2.21. The lowest BCUT2D eigenvalue weighted by Crippen LogP contribution is -2.36. The Hall–Kier alpha value is -2.44. The van der Waals surface area contributed by atoms with Crippen molar-refractivity contribution in [1.29, 1.82) is 0 Å². The second-order valence-electron chi connectivity index (χ2n) is 6.47. The number of ether oxygens (including phenoxy) is 2. The molecule has 2 rings (SSSR count). The number of carbonyl (C=O) groups excluding carboxylic acids is 1. The number of amides is 1. The van der Waals surface area contributed by atoms with E-state index in [9.17, 15) is 4.79 Å². The number of oxime groups is 1. The highest BCUT2D eigenvalue weighted by molar-refractivity contribution is 5.97. The molecule has 0 bridgehead atoms. The van der Waals surface area contributed by atoms with Gasteiger partial charge in [0.2, 0.25) is 0 Å². The zero-order chi connectivity index (χ0) is 17.0. The fourth-order valence-corrected chi connectivity index (χ4v) is 2.30. The number of hydrogen-bond acceptors (Lipinski definition) is 5. The van der Waals surface area contributed by atoms with E-state index in [4.69, 9.17) is 20.4 Å². The van der Waals surface area contributed by atoms with E-state index in [1.165, 1.54) is 0 Å². The SMILES string of the molecule is CC(C)(C)OC(=O)N1CC[C@H](Oc2cccc(C(N)=NO)c2)C1. The third-order valence-corrected chi connectivity index (χ3v) is 3.34. The Labute approximate surface area is 135 Å². The normalized spacial score (nSPS) is 18.8. The number of benzene rings is 1. The Morgan fingerprint density at radius 1 is 1.43 bits per heavy atom. The van der Waals surface area contributed by atoms with Crippen LogP contribution in [0.2, 0.25) is 0 Å². The van der Waals surface area contributed by atoms with Crippen LogP contribution in [0.1, 0.15) is 32.8 Å². The Kier molecular flexibility index (Phi) is 4.98. The average molecular weight is 321 g/mol. The molecule has 1 aromatic rings. The van der Waals surface area contributed by atoms with E-state index in [0.717, 1.165) is 6.42 Å². The van der Waals surface area contributed by atoms with Gasteiger partial charge in [0.05, 0.1) is 6.54 Å². The zero-order valence-corrected chi connectivity index (χ0v) is 13.7. The number of rotatable bonds is 3. The molecule has 0 saturated carbocycles. The molecule has 1 amide bonds. The maximum absolute atomic E-state index is 12.0. The summed E-state index contributed by atoms with van der Waals surface area (Å²) >= 11 is 0. The Bertz CT molecular complexity index is 595. The molecule has 1 aliphatic rings. The van der Waals surface area contributed by atoms with E-state index >= 15 is 0 Å². The predicted octanol–water partition coefficient (Wildman–Crippen LogP) is 2.17. The molecule has 0 aliphatic carbocycles. The van der Waals surface area contributed by atoms with E-state index in [2.05, 4.69) is 5.16 Å². The van der Waals surface area contributed by atoms with Gasteiger partial charge in [-0.05, 0) is 32.9 Å². The number of nitrogens with two attached hydrogens (primary N) is 1. The van der Waals surface area contributed by atoms with Crippen LogP contribution in [-0.2, 0) is 4.74 Å². The minimum atomic E-state index is -0.508. The van der Waals surface area contributed by atoms with Crippen molar-refractivity contribution < 1.29 is 19.5 Å². The molecule has 1 fully saturated rings. The molecular weight excluding hydrogens is 298 g/mol. The highest BCUT2D eigenvalue weighted by atomic mass is 16.6. The third kappa shape index (κ3) is 4.77. The van der Waals surface area contributed by atoms with Crippen molar-refractivity contribution in [2.45, 2.75) is 38.9 Å². The molecule has 0 aromatic heterocycles. The Balaban J connectivity index is 1.94. The maximum Gasteiger partial charge on any atom is 0.410 e. The van der Waals surface area contributed by atoms with Crippen LogP contribution in [0.3, 0.4) is 0 Å². The number of amidine groups is 1. The third-order valence-electron chi connectivity index (χ3n) is 3.34. The molecule has 7 nitrogen and oxygen atoms in total. The lowest BCUT2D eigenvalue weighted by Gasteiger charge is -2.24. The van der Waals surface area contributed by atoms with Gasteiger partial charge in [-0.2, -0.15) is 0 Å². The van der Waals surface area contributed by atoms with Crippen molar-refractivity contribution in [3.63, 3.8) is 0 Å². The summed E-state index contributed by atoms with van der Waals surface area (Å²) in [5.74, 6) is 0.641. The largest absolute Gasteiger partial charge is 0.488 e. The molecule has 0 spiro atoms. The second-order valence-corrected chi connectivity index (χ2v) is 6.47. The van der Waals surface area contributed by atoms with Gasteiger partial charge in [0, 0.05) is 18.5 Å². The molecule has 1 atom stereocenters. The summed E-state index contributed by atoms with van der Waals surface area (Å²) < 4.78 is 11.2. The fourth-order valence-electron chi connectivity index (χ4n) is 2.30. The minimum Gasteiger partial charge on any atom is -0.488 e. The fraction of sp³-hybridized carbons (Fsp3) is 0.500. The molecule has 7 heteroatoms. The molecule has 1 saturated heterocycles. The predicted molar refractivity (Wildman–Crippen MR) is 85.8 cm³/mol. The molecule has 0 unspecified atom stereocenters. The van der Waals surface area contributed by atoms with Crippen LogP contribution in [0.15, 0.2) is 29.4 Å². The van der Waals surface area contributed by atoms with Crippen molar-refractivity contribution in [1.82, 2.24) is 4.90 Å². The minimum absolute atomic E-state index is 0.0252. The van der Waals surface area contributed by atoms with Crippen LogP contribution in [0.5, 0.6) is 5.75 Å². The smallest absolute Gasteiger partial charge is 0.410 e. The van der Waals surface area contributed by atoms with Crippen molar-refractivity contribution in [3.05, 3.63) is 29.8 Å². The van der Waals surface area contributed by atoms with E-state index in [-0.39, 0.29) is 18.0 Å². The molecular formula is C16H23N3O4. The van der Waals surface area contributed by atoms with Gasteiger partial charge in [0.15, 0.2) is 5.84 Å². The quantitative estimate of drug-likeness (QED) is 0.385. The first kappa shape index (κ1) is 16.9. The van der Waals surface area contributed by atoms with Crippen LogP contribution in [0, 0.1) is 0 Å². The molecule has 1 aliphatic heterocycles. The van der Waals surface area contributed by atoms with Gasteiger partial charge in [-0.3, -0.25) is 0 Å². The Morgan fingerprint density at radius 2 is 2.17 bits per heavy atom. The van der Waals surface area contributed by atoms with E-state index in [1.807, 2.05) is 20.8 Å². The lowest BCUT2D eigenvalue weighted by molar-refractivity contribution is 0.0275. The van der Waals surface area contributed by atoms with E-state index in [1.54, 1.807) is 29.2 Å². The summed E-state index contributed by atoms with van der Waals surface area (Å²) in [7, 11) is 0.